The van der Waals surface area contributed by atoms with Gasteiger partial charge in [-0.2, -0.15) is 13.5 Å². The van der Waals surface area contributed by atoms with E-state index in [-0.39, 0.29) is 21.8 Å². The fraction of sp³-hybridized carbons (Fsp3) is 0.250. The Kier molecular flexibility index (Phi) is 6.09. The molecule has 0 radical (unpaired) electrons. The molecule has 29 heavy (non-hydrogen) atoms. The number of thioether (sulfide) groups is 1. The Morgan fingerprint density at radius 3 is 2.41 bits per heavy atom. The number of amides is 1. The highest BCUT2D eigenvalue weighted by molar-refractivity contribution is 8.15. The van der Waals surface area contributed by atoms with E-state index in [0.717, 1.165) is 5.56 Å². The summed E-state index contributed by atoms with van der Waals surface area (Å²) in [6.45, 7) is 7.17. The molecule has 1 fully saturated rings. The Morgan fingerprint density at radius 1 is 1.14 bits per heavy atom. The number of aryl methyl sites for hydroxylation is 3. The molecule has 0 spiro atoms. The number of benzene rings is 2. The Balaban J connectivity index is 1.87. The molecule has 1 heterocycles. The van der Waals surface area contributed by atoms with Crippen molar-refractivity contribution in [2.75, 3.05) is 0 Å². The number of nitrogens with zero attached hydrogens (tertiary/aromatic N) is 2. The van der Waals surface area contributed by atoms with Crippen LogP contribution >= 0.6 is 11.8 Å². The van der Waals surface area contributed by atoms with Gasteiger partial charge >= 0.3 is 10.1 Å². The second-order valence-electron chi connectivity index (χ2n) is 6.70. The molecule has 2 aromatic carbocycles. The summed E-state index contributed by atoms with van der Waals surface area (Å²) in [5.74, 6) is 0.0231. The van der Waals surface area contributed by atoms with Gasteiger partial charge in [-0.1, -0.05) is 41.6 Å². The molecule has 1 N–H and O–H groups in total. The molecule has 152 valence electrons. The van der Waals surface area contributed by atoms with Crippen LogP contribution in [0.1, 0.15) is 29.2 Å². The third kappa shape index (κ3) is 4.86. The van der Waals surface area contributed by atoms with Gasteiger partial charge in [0.15, 0.2) is 10.9 Å². The van der Waals surface area contributed by atoms with Gasteiger partial charge in [-0.25, -0.2) is 0 Å². The van der Waals surface area contributed by atoms with Crippen LogP contribution in [0.25, 0.3) is 0 Å². The zero-order valence-electron chi connectivity index (χ0n) is 16.5. The van der Waals surface area contributed by atoms with Crippen LogP contribution in [0.2, 0.25) is 0 Å². The van der Waals surface area contributed by atoms with Crippen molar-refractivity contribution in [2.45, 2.75) is 37.8 Å². The maximum absolute atomic E-state index is 12.9. The maximum Gasteiger partial charge on any atom is 0.339 e. The molecular weight excluding hydrogens is 410 g/mol. The van der Waals surface area contributed by atoms with E-state index in [4.69, 9.17) is 4.18 Å². The molecule has 7 nitrogen and oxygen atoms in total. The van der Waals surface area contributed by atoms with E-state index in [1.807, 2.05) is 6.92 Å². The van der Waals surface area contributed by atoms with Crippen molar-refractivity contribution in [1.29, 1.82) is 0 Å². The zero-order chi connectivity index (χ0) is 21.2. The molecule has 1 saturated heterocycles. The molecule has 1 amide bonds. The number of amidine groups is 1. The van der Waals surface area contributed by atoms with Crippen molar-refractivity contribution in [3.05, 3.63) is 58.7 Å². The van der Waals surface area contributed by atoms with Gasteiger partial charge in [0.2, 0.25) is 5.91 Å². The maximum atomic E-state index is 12.9. The third-order valence-electron chi connectivity index (χ3n) is 4.21. The van der Waals surface area contributed by atoms with Crippen molar-refractivity contribution in [3.63, 3.8) is 0 Å². The van der Waals surface area contributed by atoms with E-state index < -0.39 is 10.1 Å². The first-order valence-electron chi connectivity index (χ1n) is 8.87. The van der Waals surface area contributed by atoms with Crippen molar-refractivity contribution in [3.8, 4) is 5.75 Å². The van der Waals surface area contributed by atoms with Gasteiger partial charge in [0, 0.05) is 5.56 Å². The Hall–Kier alpha value is -2.65. The molecule has 0 aliphatic carbocycles. The topological polar surface area (TPSA) is 97.2 Å². The number of nitrogens with one attached hydrogen (secondary N) is 1. The number of carbonyl (C=O) groups excluding carboxylic acids is 1. The molecule has 1 unspecified atom stereocenters. The second kappa shape index (κ2) is 8.38. The zero-order valence-corrected chi connectivity index (χ0v) is 18.1. The lowest BCUT2D eigenvalue weighted by atomic mass is 10.1. The van der Waals surface area contributed by atoms with Crippen molar-refractivity contribution >= 4 is 39.2 Å². The summed E-state index contributed by atoms with van der Waals surface area (Å²) in [6.07, 6.45) is 1.39. The molecule has 1 atom stereocenters. The normalized spacial score (nSPS) is 18.4. The second-order valence-corrected chi connectivity index (χ2v) is 9.51. The average molecular weight is 432 g/mol. The van der Waals surface area contributed by atoms with Gasteiger partial charge < -0.3 is 9.50 Å². The van der Waals surface area contributed by atoms with Crippen molar-refractivity contribution in [1.82, 2.24) is 5.32 Å². The monoisotopic (exact) mass is 431 g/mol. The van der Waals surface area contributed by atoms with Crippen LogP contribution in [0.3, 0.4) is 0 Å². The van der Waals surface area contributed by atoms with E-state index in [2.05, 4.69) is 15.5 Å². The molecule has 1 aliphatic rings. The first-order valence-corrected chi connectivity index (χ1v) is 11.2. The molecule has 9 heteroatoms. The van der Waals surface area contributed by atoms with Crippen LogP contribution in [0.5, 0.6) is 5.75 Å². The van der Waals surface area contributed by atoms with Crippen LogP contribution in [0, 0.1) is 20.8 Å². The van der Waals surface area contributed by atoms with Gasteiger partial charge in [0.25, 0.3) is 0 Å². The minimum Gasteiger partial charge on any atom is -0.378 e. The highest BCUT2D eigenvalue weighted by atomic mass is 32.2. The summed E-state index contributed by atoms with van der Waals surface area (Å²) in [5, 5.41) is 10.7. The number of carbonyl (C=O) groups is 1. The smallest absolute Gasteiger partial charge is 0.339 e. The minimum absolute atomic E-state index is 0.123. The lowest BCUT2D eigenvalue weighted by molar-refractivity contribution is -0.118. The average Bonchev–Trinajstić information content (AvgIpc) is 2.92. The SMILES string of the molecule is Cc1cc(C)c(S(=O)(=O)Oc2ccccc2C=N/N=C2/NC(=O)C(C)S2)c(C)c1. The Morgan fingerprint density at radius 2 is 1.79 bits per heavy atom. The van der Waals surface area contributed by atoms with Crippen LogP contribution in [-0.4, -0.2) is 31.0 Å². The largest absolute Gasteiger partial charge is 0.378 e. The van der Waals surface area contributed by atoms with Gasteiger partial charge in [-0.05, 0) is 51.0 Å². The predicted molar refractivity (Wildman–Crippen MR) is 115 cm³/mol. The molecule has 0 bridgehead atoms. The highest BCUT2D eigenvalue weighted by Gasteiger charge is 2.26. The number of para-hydroxylation sites is 1. The first-order chi connectivity index (χ1) is 13.7. The van der Waals surface area contributed by atoms with Crippen LogP contribution < -0.4 is 9.50 Å². The van der Waals surface area contributed by atoms with Crippen LogP contribution in [0.15, 0.2) is 51.5 Å². The lowest BCUT2D eigenvalue weighted by Gasteiger charge is -2.14. The Labute approximate surface area is 174 Å². The summed E-state index contributed by atoms with van der Waals surface area (Å²) in [6, 6.07) is 10.3. The standard InChI is InChI=1S/C20H21N3O4S2/c1-12-9-13(2)18(14(3)10-12)29(25,26)27-17-8-6-5-7-16(17)11-21-23-20-22-19(24)15(4)28-20/h5-11,15H,1-4H3,(H,22,23,24). The number of rotatable bonds is 5. The fourth-order valence-electron chi connectivity index (χ4n) is 3.03. The van der Waals surface area contributed by atoms with E-state index >= 15 is 0 Å². The molecule has 1 aliphatic heterocycles. The molecule has 0 aromatic heterocycles. The minimum atomic E-state index is -4.03. The van der Waals surface area contributed by atoms with E-state index in [9.17, 15) is 13.2 Å². The molecule has 3 rings (SSSR count). The lowest BCUT2D eigenvalue weighted by Crippen LogP contribution is -2.23. The van der Waals surface area contributed by atoms with E-state index in [0.29, 0.717) is 21.9 Å². The van der Waals surface area contributed by atoms with Crippen LogP contribution in [-0.2, 0) is 14.9 Å². The predicted octanol–water partition coefficient (Wildman–Crippen LogP) is 3.32. The summed E-state index contributed by atoms with van der Waals surface area (Å²) < 4.78 is 31.3. The number of hydrogen-bond donors (Lipinski definition) is 1. The van der Waals surface area contributed by atoms with Crippen molar-refractivity contribution < 1.29 is 17.4 Å². The summed E-state index contributed by atoms with van der Waals surface area (Å²) >= 11 is 1.27. The fourth-order valence-corrected chi connectivity index (χ4v) is 5.17. The highest BCUT2D eigenvalue weighted by Crippen LogP contribution is 2.27. The molecule has 2 aromatic rings. The van der Waals surface area contributed by atoms with Crippen molar-refractivity contribution in [2.24, 2.45) is 10.2 Å². The quantitative estimate of drug-likeness (QED) is 0.445. The third-order valence-corrected chi connectivity index (χ3v) is 6.72. The van der Waals surface area contributed by atoms with E-state index in [1.54, 1.807) is 57.2 Å². The van der Waals surface area contributed by atoms with Gasteiger partial charge in [-0.15, -0.1) is 5.10 Å². The van der Waals surface area contributed by atoms with Gasteiger partial charge in [0.05, 0.1) is 11.5 Å². The van der Waals surface area contributed by atoms with Gasteiger partial charge in [-0.3, -0.25) is 4.79 Å². The summed E-state index contributed by atoms with van der Waals surface area (Å²) in [5.41, 5.74) is 2.69. The van der Waals surface area contributed by atoms with Gasteiger partial charge in [0.1, 0.15) is 4.90 Å². The van der Waals surface area contributed by atoms with E-state index in [1.165, 1.54) is 18.0 Å². The Bertz CT molecular complexity index is 1100. The summed E-state index contributed by atoms with van der Waals surface area (Å²) in [4.78, 5) is 11.6. The van der Waals surface area contributed by atoms with Crippen LogP contribution in [0.4, 0.5) is 0 Å². The first kappa shape index (κ1) is 21.1. The molecule has 0 saturated carbocycles. The summed E-state index contributed by atoms with van der Waals surface area (Å²) in [7, 11) is -4.03. The number of hydrogen-bond acceptors (Lipinski definition) is 7. The molecular formula is C20H21N3O4S2.